The number of rotatable bonds is 4. The number of hydrogen-bond donors (Lipinski definition) is 1. The summed E-state index contributed by atoms with van der Waals surface area (Å²) in [6.07, 6.45) is 2.24. The van der Waals surface area contributed by atoms with Gasteiger partial charge in [0.25, 0.3) is 5.91 Å². The average Bonchev–Trinajstić information content (AvgIpc) is 3.16. The first kappa shape index (κ1) is 13.2. The maximum atomic E-state index is 12.3. The van der Waals surface area contributed by atoms with E-state index in [1.165, 1.54) is 17.1 Å². The van der Waals surface area contributed by atoms with Crippen LogP contribution in [0.1, 0.15) is 59.5 Å². The number of carbonyl (C=O) groups is 1. The minimum absolute atomic E-state index is 0.0946. The molecule has 0 atom stereocenters. The number of carbonyl (C=O) groups excluding carboxylic acids is 1. The van der Waals surface area contributed by atoms with Gasteiger partial charge in [-0.05, 0) is 48.0 Å². The molecule has 0 spiro atoms. The van der Waals surface area contributed by atoms with Gasteiger partial charge in [0, 0.05) is 11.6 Å². The SMILES string of the molecule is CC(C)c1cccc(NC(=O)c2snnc2C2CC2)c1. The van der Waals surface area contributed by atoms with Crippen LogP contribution in [0.4, 0.5) is 5.69 Å². The average molecular weight is 287 g/mol. The molecular formula is C15H17N3OS. The molecule has 4 nitrogen and oxygen atoms in total. The first-order valence-corrected chi connectivity index (χ1v) is 7.66. The van der Waals surface area contributed by atoms with Crippen LogP contribution in [0, 0.1) is 0 Å². The lowest BCUT2D eigenvalue weighted by Crippen LogP contribution is -2.12. The van der Waals surface area contributed by atoms with E-state index in [1.807, 2.05) is 18.2 Å². The van der Waals surface area contributed by atoms with Crippen LogP contribution in [-0.2, 0) is 0 Å². The van der Waals surface area contributed by atoms with Crippen molar-refractivity contribution in [1.82, 2.24) is 9.59 Å². The molecule has 1 aliphatic carbocycles. The minimum Gasteiger partial charge on any atom is -0.321 e. The Hall–Kier alpha value is -1.75. The second kappa shape index (κ2) is 5.32. The van der Waals surface area contributed by atoms with E-state index in [9.17, 15) is 4.79 Å². The van der Waals surface area contributed by atoms with E-state index >= 15 is 0 Å². The fourth-order valence-corrected chi connectivity index (χ4v) is 2.79. The summed E-state index contributed by atoms with van der Waals surface area (Å²) in [5.74, 6) is 0.790. The van der Waals surface area contributed by atoms with Crippen LogP contribution in [0.5, 0.6) is 0 Å². The van der Waals surface area contributed by atoms with Crippen LogP contribution in [0.2, 0.25) is 0 Å². The van der Waals surface area contributed by atoms with Crippen molar-refractivity contribution < 1.29 is 4.79 Å². The van der Waals surface area contributed by atoms with Gasteiger partial charge in [-0.1, -0.05) is 30.5 Å². The first-order chi connectivity index (χ1) is 9.65. The molecule has 0 bridgehead atoms. The van der Waals surface area contributed by atoms with Gasteiger partial charge in [-0.15, -0.1) is 5.10 Å². The van der Waals surface area contributed by atoms with Crippen molar-refractivity contribution in [3.8, 4) is 0 Å². The lowest BCUT2D eigenvalue weighted by molar-refractivity contribution is 0.102. The minimum atomic E-state index is -0.0946. The van der Waals surface area contributed by atoms with Crippen molar-refractivity contribution in [2.24, 2.45) is 0 Å². The van der Waals surface area contributed by atoms with Gasteiger partial charge in [0.2, 0.25) is 0 Å². The summed E-state index contributed by atoms with van der Waals surface area (Å²) in [4.78, 5) is 13.0. The number of hydrogen-bond acceptors (Lipinski definition) is 4. The van der Waals surface area contributed by atoms with Crippen molar-refractivity contribution in [3.05, 3.63) is 40.4 Å². The summed E-state index contributed by atoms with van der Waals surface area (Å²) in [5.41, 5.74) is 2.91. The summed E-state index contributed by atoms with van der Waals surface area (Å²) in [5, 5.41) is 7.05. The smallest absolute Gasteiger partial charge is 0.269 e. The Labute approximate surface area is 122 Å². The molecule has 1 heterocycles. The molecule has 3 rings (SSSR count). The van der Waals surface area contributed by atoms with Gasteiger partial charge in [0.15, 0.2) is 0 Å². The monoisotopic (exact) mass is 287 g/mol. The topological polar surface area (TPSA) is 54.9 Å². The van der Waals surface area contributed by atoms with Crippen molar-refractivity contribution in [3.63, 3.8) is 0 Å². The molecule has 0 unspecified atom stereocenters. The Kier molecular flexibility index (Phi) is 3.53. The molecule has 20 heavy (non-hydrogen) atoms. The molecule has 0 radical (unpaired) electrons. The number of anilines is 1. The lowest BCUT2D eigenvalue weighted by atomic mass is 10.0. The molecule has 1 N–H and O–H groups in total. The zero-order chi connectivity index (χ0) is 14.1. The Morgan fingerprint density at radius 1 is 1.40 bits per heavy atom. The van der Waals surface area contributed by atoms with E-state index in [1.54, 1.807) is 0 Å². The van der Waals surface area contributed by atoms with Crippen molar-refractivity contribution in [1.29, 1.82) is 0 Å². The van der Waals surface area contributed by atoms with Crippen LogP contribution >= 0.6 is 11.5 Å². The van der Waals surface area contributed by atoms with Crippen molar-refractivity contribution in [2.75, 3.05) is 5.32 Å². The van der Waals surface area contributed by atoms with Gasteiger partial charge in [-0.2, -0.15) is 0 Å². The van der Waals surface area contributed by atoms with Crippen LogP contribution < -0.4 is 5.32 Å². The normalized spacial score (nSPS) is 14.6. The highest BCUT2D eigenvalue weighted by Crippen LogP contribution is 2.41. The van der Waals surface area contributed by atoms with Crippen LogP contribution in [-0.4, -0.2) is 15.5 Å². The van der Waals surface area contributed by atoms with Gasteiger partial charge in [0.05, 0.1) is 5.69 Å². The molecule has 1 fully saturated rings. The summed E-state index contributed by atoms with van der Waals surface area (Å²) < 4.78 is 3.92. The Balaban J connectivity index is 1.78. The number of amides is 1. The highest BCUT2D eigenvalue weighted by molar-refractivity contribution is 7.08. The lowest BCUT2D eigenvalue weighted by Gasteiger charge is -2.09. The molecule has 2 aromatic rings. The summed E-state index contributed by atoms with van der Waals surface area (Å²) in [7, 11) is 0. The van der Waals surface area contributed by atoms with Gasteiger partial charge < -0.3 is 5.32 Å². The fraction of sp³-hybridized carbons (Fsp3) is 0.400. The molecule has 0 aliphatic heterocycles. The standard InChI is InChI=1S/C15H17N3OS/c1-9(2)11-4-3-5-12(8-11)16-15(19)14-13(10-6-7-10)17-18-20-14/h3-5,8-10H,6-7H2,1-2H3,(H,16,19). The number of nitrogens with zero attached hydrogens (tertiary/aromatic N) is 2. The molecular weight excluding hydrogens is 270 g/mol. The van der Waals surface area contributed by atoms with Crippen LogP contribution in [0.15, 0.2) is 24.3 Å². The van der Waals surface area contributed by atoms with E-state index in [-0.39, 0.29) is 5.91 Å². The summed E-state index contributed by atoms with van der Waals surface area (Å²) in [6.45, 7) is 4.28. The van der Waals surface area contributed by atoms with Crippen molar-refractivity contribution >= 4 is 23.1 Å². The highest BCUT2D eigenvalue weighted by Gasteiger charge is 2.31. The van der Waals surface area contributed by atoms with E-state index < -0.39 is 0 Å². The zero-order valence-electron chi connectivity index (χ0n) is 11.6. The van der Waals surface area contributed by atoms with Gasteiger partial charge in [0.1, 0.15) is 4.88 Å². The Morgan fingerprint density at radius 3 is 2.90 bits per heavy atom. The van der Waals surface area contributed by atoms with Crippen molar-refractivity contribution in [2.45, 2.75) is 38.5 Å². The maximum absolute atomic E-state index is 12.3. The molecule has 1 aromatic heterocycles. The van der Waals surface area contributed by atoms with Gasteiger partial charge in [-0.3, -0.25) is 4.79 Å². The van der Waals surface area contributed by atoms with E-state index in [2.05, 4.69) is 34.8 Å². The summed E-state index contributed by atoms with van der Waals surface area (Å²) in [6, 6.07) is 7.98. The van der Waals surface area contributed by atoms with E-state index in [0.717, 1.165) is 24.2 Å². The predicted molar refractivity (Wildman–Crippen MR) is 80.4 cm³/mol. The zero-order valence-corrected chi connectivity index (χ0v) is 12.4. The third-order valence-electron chi connectivity index (χ3n) is 3.49. The highest BCUT2D eigenvalue weighted by atomic mass is 32.1. The van der Waals surface area contributed by atoms with Crippen LogP contribution in [0.3, 0.4) is 0 Å². The van der Waals surface area contributed by atoms with E-state index in [0.29, 0.717) is 16.7 Å². The van der Waals surface area contributed by atoms with Gasteiger partial charge in [-0.25, -0.2) is 0 Å². The number of aromatic nitrogens is 2. The molecule has 1 saturated carbocycles. The maximum Gasteiger partial charge on any atom is 0.269 e. The molecule has 0 saturated heterocycles. The second-order valence-electron chi connectivity index (χ2n) is 5.50. The predicted octanol–water partition coefficient (Wildman–Crippen LogP) is 3.79. The third kappa shape index (κ3) is 2.72. The first-order valence-electron chi connectivity index (χ1n) is 6.88. The quantitative estimate of drug-likeness (QED) is 0.930. The number of nitrogens with one attached hydrogen (secondary N) is 1. The molecule has 1 aromatic carbocycles. The Bertz CT molecular complexity index is 632. The third-order valence-corrected chi connectivity index (χ3v) is 4.24. The molecule has 104 valence electrons. The van der Waals surface area contributed by atoms with Crippen LogP contribution in [0.25, 0.3) is 0 Å². The molecule has 1 aliphatic rings. The van der Waals surface area contributed by atoms with Gasteiger partial charge >= 0.3 is 0 Å². The Morgan fingerprint density at radius 2 is 2.20 bits per heavy atom. The number of benzene rings is 1. The second-order valence-corrected chi connectivity index (χ2v) is 6.25. The molecule has 1 amide bonds. The fourth-order valence-electron chi connectivity index (χ4n) is 2.14. The molecule has 5 heteroatoms. The summed E-state index contributed by atoms with van der Waals surface area (Å²) >= 11 is 1.18. The largest absolute Gasteiger partial charge is 0.321 e. The van der Waals surface area contributed by atoms with E-state index in [4.69, 9.17) is 0 Å².